The van der Waals surface area contributed by atoms with Crippen molar-refractivity contribution in [2.45, 2.75) is 19.8 Å². The van der Waals surface area contributed by atoms with Crippen molar-refractivity contribution in [3.63, 3.8) is 0 Å². The molecule has 1 N–H and O–H groups in total. The van der Waals surface area contributed by atoms with Crippen molar-refractivity contribution < 1.29 is 0 Å². The van der Waals surface area contributed by atoms with Gasteiger partial charge in [-0.1, -0.05) is 36.3 Å². The summed E-state index contributed by atoms with van der Waals surface area (Å²) in [7, 11) is 0. The molecule has 0 spiro atoms. The number of hydrogen-bond donors (Lipinski definition) is 1. The first-order valence-corrected chi connectivity index (χ1v) is 5.22. The molecule has 0 aliphatic carbocycles. The lowest BCUT2D eigenvalue weighted by Gasteiger charge is -2.04. The SMILES string of the molecule is CCNCCCc1ccccc1N=[N+]=[N-]. The monoisotopic (exact) mass is 204 g/mol. The third-order valence-electron chi connectivity index (χ3n) is 2.19. The molecular weight excluding hydrogens is 188 g/mol. The van der Waals surface area contributed by atoms with Crippen molar-refractivity contribution in [2.75, 3.05) is 13.1 Å². The highest BCUT2D eigenvalue weighted by molar-refractivity contribution is 5.45. The molecule has 1 rings (SSSR count). The Balaban J connectivity index is 2.55. The van der Waals surface area contributed by atoms with E-state index >= 15 is 0 Å². The Bertz CT molecular complexity index is 342. The molecule has 0 saturated heterocycles. The Morgan fingerprint density at radius 3 is 2.93 bits per heavy atom. The van der Waals surface area contributed by atoms with E-state index in [1.54, 1.807) is 0 Å². The summed E-state index contributed by atoms with van der Waals surface area (Å²) in [5.41, 5.74) is 10.3. The number of azide groups is 1. The minimum absolute atomic E-state index is 0.747. The molecule has 0 fully saturated rings. The van der Waals surface area contributed by atoms with Crippen LogP contribution < -0.4 is 5.32 Å². The van der Waals surface area contributed by atoms with E-state index in [0.29, 0.717) is 0 Å². The van der Waals surface area contributed by atoms with Gasteiger partial charge in [-0.15, -0.1) is 0 Å². The summed E-state index contributed by atoms with van der Waals surface area (Å²) in [6, 6.07) is 7.72. The predicted octanol–water partition coefficient (Wildman–Crippen LogP) is 3.17. The standard InChI is InChI=1S/C11H16N4/c1-2-13-9-5-7-10-6-3-4-8-11(10)14-15-12/h3-4,6,8,13H,2,5,7,9H2,1H3. The van der Waals surface area contributed by atoms with Gasteiger partial charge in [-0.2, -0.15) is 0 Å². The molecule has 0 amide bonds. The Morgan fingerprint density at radius 2 is 2.20 bits per heavy atom. The van der Waals surface area contributed by atoms with E-state index in [9.17, 15) is 0 Å². The fourth-order valence-corrected chi connectivity index (χ4v) is 1.45. The minimum Gasteiger partial charge on any atom is -0.317 e. The molecule has 0 saturated carbocycles. The van der Waals surface area contributed by atoms with Crippen molar-refractivity contribution in [3.8, 4) is 0 Å². The molecule has 0 aliphatic rings. The molecule has 0 heterocycles. The second kappa shape index (κ2) is 6.87. The van der Waals surface area contributed by atoms with Crippen molar-refractivity contribution in [1.82, 2.24) is 5.32 Å². The van der Waals surface area contributed by atoms with Gasteiger partial charge in [-0.3, -0.25) is 0 Å². The topological polar surface area (TPSA) is 60.8 Å². The van der Waals surface area contributed by atoms with Crippen LogP contribution in [0, 0.1) is 0 Å². The first kappa shape index (κ1) is 11.6. The summed E-state index contributed by atoms with van der Waals surface area (Å²) in [5, 5.41) is 6.93. The molecular formula is C11H16N4. The zero-order valence-electron chi connectivity index (χ0n) is 8.98. The average Bonchev–Trinajstić information content (AvgIpc) is 2.27. The Kier molecular flexibility index (Phi) is 5.30. The molecule has 4 nitrogen and oxygen atoms in total. The summed E-state index contributed by atoms with van der Waals surface area (Å²) < 4.78 is 0. The molecule has 0 bridgehead atoms. The number of nitrogens with one attached hydrogen (secondary N) is 1. The second-order valence-electron chi connectivity index (χ2n) is 3.28. The number of aryl methyl sites for hydroxylation is 1. The van der Waals surface area contributed by atoms with Crippen LogP contribution in [0.15, 0.2) is 29.4 Å². The molecule has 0 aromatic heterocycles. The summed E-state index contributed by atoms with van der Waals surface area (Å²) in [6.45, 7) is 4.09. The fraction of sp³-hybridized carbons (Fsp3) is 0.455. The van der Waals surface area contributed by atoms with E-state index in [-0.39, 0.29) is 0 Å². The van der Waals surface area contributed by atoms with Gasteiger partial charge in [0.15, 0.2) is 0 Å². The van der Waals surface area contributed by atoms with Gasteiger partial charge in [0.1, 0.15) is 0 Å². The number of hydrogen-bond acceptors (Lipinski definition) is 2. The minimum atomic E-state index is 0.747. The van der Waals surface area contributed by atoms with Crippen molar-refractivity contribution >= 4 is 5.69 Å². The van der Waals surface area contributed by atoms with E-state index in [0.717, 1.165) is 37.2 Å². The quantitative estimate of drug-likeness (QED) is 0.329. The first-order chi connectivity index (χ1) is 7.38. The Labute approximate surface area is 89.9 Å². The largest absolute Gasteiger partial charge is 0.317 e. The van der Waals surface area contributed by atoms with Crippen LogP contribution in [0.25, 0.3) is 10.4 Å². The molecule has 0 aliphatic heterocycles. The van der Waals surface area contributed by atoms with Gasteiger partial charge >= 0.3 is 0 Å². The zero-order chi connectivity index (χ0) is 10.9. The summed E-state index contributed by atoms with van der Waals surface area (Å²) in [4.78, 5) is 2.82. The van der Waals surface area contributed by atoms with Gasteiger partial charge in [-0.25, -0.2) is 0 Å². The molecule has 4 heteroatoms. The molecule has 0 unspecified atom stereocenters. The van der Waals surface area contributed by atoms with E-state index < -0.39 is 0 Å². The van der Waals surface area contributed by atoms with Crippen LogP contribution in [-0.4, -0.2) is 13.1 Å². The lowest BCUT2D eigenvalue weighted by Crippen LogP contribution is -2.14. The maximum atomic E-state index is 8.40. The van der Waals surface area contributed by atoms with Crippen LogP contribution in [0.3, 0.4) is 0 Å². The van der Waals surface area contributed by atoms with E-state index in [1.165, 1.54) is 0 Å². The molecule has 15 heavy (non-hydrogen) atoms. The van der Waals surface area contributed by atoms with E-state index in [2.05, 4.69) is 22.3 Å². The Hall–Kier alpha value is -1.51. The van der Waals surface area contributed by atoms with Crippen LogP contribution >= 0.6 is 0 Å². The third kappa shape index (κ3) is 4.02. The summed E-state index contributed by atoms with van der Waals surface area (Å²) in [6.07, 6.45) is 2.01. The molecule has 1 aromatic carbocycles. The number of nitrogens with zero attached hydrogens (tertiary/aromatic N) is 3. The van der Waals surface area contributed by atoms with Gasteiger partial charge in [0, 0.05) is 10.6 Å². The lowest BCUT2D eigenvalue weighted by atomic mass is 10.1. The third-order valence-corrected chi connectivity index (χ3v) is 2.19. The highest BCUT2D eigenvalue weighted by Gasteiger charge is 1.98. The van der Waals surface area contributed by atoms with E-state index in [1.807, 2.05) is 24.3 Å². The van der Waals surface area contributed by atoms with Gasteiger partial charge in [0.2, 0.25) is 0 Å². The van der Waals surface area contributed by atoms with Crippen LogP contribution in [0.5, 0.6) is 0 Å². The second-order valence-corrected chi connectivity index (χ2v) is 3.28. The molecule has 1 aromatic rings. The maximum Gasteiger partial charge on any atom is 0.0407 e. The smallest absolute Gasteiger partial charge is 0.0407 e. The highest BCUT2D eigenvalue weighted by atomic mass is 15.1. The van der Waals surface area contributed by atoms with Crippen molar-refractivity contribution in [1.29, 1.82) is 0 Å². The van der Waals surface area contributed by atoms with Gasteiger partial charge in [-0.05, 0) is 37.0 Å². The number of benzene rings is 1. The average molecular weight is 204 g/mol. The zero-order valence-corrected chi connectivity index (χ0v) is 8.98. The van der Waals surface area contributed by atoms with Crippen molar-refractivity contribution in [2.24, 2.45) is 5.11 Å². The van der Waals surface area contributed by atoms with E-state index in [4.69, 9.17) is 5.53 Å². The summed E-state index contributed by atoms with van der Waals surface area (Å²) in [5.74, 6) is 0. The predicted molar refractivity (Wildman–Crippen MR) is 62.1 cm³/mol. The number of rotatable bonds is 6. The molecule has 0 radical (unpaired) electrons. The first-order valence-electron chi connectivity index (χ1n) is 5.22. The van der Waals surface area contributed by atoms with Gasteiger partial charge < -0.3 is 5.32 Å². The van der Waals surface area contributed by atoms with Crippen LogP contribution in [0.1, 0.15) is 18.9 Å². The normalized spacial score (nSPS) is 9.67. The summed E-state index contributed by atoms with van der Waals surface area (Å²) >= 11 is 0. The van der Waals surface area contributed by atoms with Crippen LogP contribution in [0.4, 0.5) is 5.69 Å². The van der Waals surface area contributed by atoms with Crippen LogP contribution in [0.2, 0.25) is 0 Å². The maximum absolute atomic E-state index is 8.40. The van der Waals surface area contributed by atoms with Gasteiger partial charge in [0.25, 0.3) is 0 Å². The Morgan fingerprint density at radius 1 is 1.40 bits per heavy atom. The van der Waals surface area contributed by atoms with Gasteiger partial charge in [0.05, 0.1) is 0 Å². The molecule has 80 valence electrons. The van der Waals surface area contributed by atoms with Crippen LogP contribution in [-0.2, 0) is 6.42 Å². The fourth-order valence-electron chi connectivity index (χ4n) is 1.45. The van der Waals surface area contributed by atoms with Crippen molar-refractivity contribution in [3.05, 3.63) is 40.3 Å². The highest BCUT2D eigenvalue weighted by Crippen LogP contribution is 2.19. The molecule has 0 atom stereocenters. The lowest BCUT2D eigenvalue weighted by molar-refractivity contribution is 0.673.